The molecule has 0 aromatic heterocycles. The summed E-state index contributed by atoms with van der Waals surface area (Å²) in [5, 5.41) is 22.8. The second kappa shape index (κ2) is 5.85. The van der Waals surface area contributed by atoms with E-state index in [4.69, 9.17) is 5.26 Å². The van der Waals surface area contributed by atoms with Crippen LogP contribution in [0.1, 0.15) is 32.3 Å². The summed E-state index contributed by atoms with van der Waals surface area (Å²) in [5.74, 6) is 0. The molecule has 0 radical (unpaired) electrons. The second-order valence-corrected chi connectivity index (χ2v) is 3.76. The van der Waals surface area contributed by atoms with Crippen LogP contribution in [0, 0.1) is 21.4 Å². The van der Waals surface area contributed by atoms with Crippen LogP contribution in [0.25, 0.3) is 0 Å². The maximum absolute atomic E-state index is 10.8. The third kappa shape index (κ3) is 3.18. The molecule has 0 bridgehead atoms. The number of nitro benzene ring substituents is 1. The van der Waals surface area contributed by atoms with Gasteiger partial charge in [-0.25, -0.2) is 0 Å². The molecule has 1 N–H and O–H groups in total. The van der Waals surface area contributed by atoms with Crippen molar-refractivity contribution in [1.82, 2.24) is 0 Å². The molecule has 0 saturated carbocycles. The molecule has 0 unspecified atom stereocenters. The lowest BCUT2D eigenvalue weighted by molar-refractivity contribution is -0.385. The van der Waals surface area contributed by atoms with Crippen molar-refractivity contribution < 1.29 is 4.92 Å². The van der Waals surface area contributed by atoms with Crippen LogP contribution in [0.3, 0.4) is 0 Å². The summed E-state index contributed by atoms with van der Waals surface area (Å²) < 4.78 is 0. The minimum Gasteiger partial charge on any atom is -0.382 e. The van der Waals surface area contributed by atoms with Gasteiger partial charge in [-0.1, -0.05) is 13.8 Å². The standard InChI is InChI=1S/C12H15N3O2/c1-3-10(4-2)14-11-6-5-9(8-13)12(7-11)15(16)17/h5-7,10,14H,3-4H2,1-2H3. The second-order valence-electron chi connectivity index (χ2n) is 3.76. The Labute approximate surface area is 100 Å². The number of nitrogens with one attached hydrogen (secondary N) is 1. The van der Waals surface area contributed by atoms with Gasteiger partial charge in [-0.05, 0) is 25.0 Å². The Balaban J connectivity index is 3.01. The Morgan fingerprint density at radius 3 is 2.59 bits per heavy atom. The van der Waals surface area contributed by atoms with Crippen LogP contribution < -0.4 is 5.32 Å². The molecule has 0 atom stereocenters. The molecule has 0 saturated heterocycles. The van der Waals surface area contributed by atoms with E-state index in [1.165, 1.54) is 12.1 Å². The zero-order valence-electron chi connectivity index (χ0n) is 9.93. The number of hydrogen-bond acceptors (Lipinski definition) is 4. The largest absolute Gasteiger partial charge is 0.382 e. The first-order valence-electron chi connectivity index (χ1n) is 5.57. The van der Waals surface area contributed by atoms with Gasteiger partial charge in [0.1, 0.15) is 11.6 Å². The Morgan fingerprint density at radius 2 is 2.12 bits per heavy atom. The van der Waals surface area contributed by atoms with Crippen molar-refractivity contribution in [2.24, 2.45) is 0 Å². The maximum Gasteiger partial charge on any atom is 0.289 e. The first kappa shape index (κ1) is 13.0. The number of anilines is 1. The van der Waals surface area contributed by atoms with E-state index in [1.807, 2.05) is 6.07 Å². The van der Waals surface area contributed by atoms with Gasteiger partial charge < -0.3 is 5.32 Å². The van der Waals surface area contributed by atoms with Gasteiger partial charge in [0.05, 0.1) is 4.92 Å². The summed E-state index contributed by atoms with van der Waals surface area (Å²) in [6.45, 7) is 4.11. The van der Waals surface area contributed by atoms with E-state index in [0.29, 0.717) is 11.7 Å². The third-order valence-electron chi connectivity index (χ3n) is 2.67. The van der Waals surface area contributed by atoms with E-state index in [9.17, 15) is 10.1 Å². The number of nitro groups is 1. The lowest BCUT2D eigenvalue weighted by Crippen LogP contribution is -2.16. The Morgan fingerprint density at radius 1 is 1.47 bits per heavy atom. The number of rotatable bonds is 5. The van der Waals surface area contributed by atoms with Gasteiger partial charge in [-0.15, -0.1) is 0 Å². The minimum absolute atomic E-state index is 0.0881. The Kier molecular flexibility index (Phi) is 4.46. The molecule has 90 valence electrons. The van der Waals surface area contributed by atoms with Crippen molar-refractivity contribution in [1.29, 1.82) is 5.26 Å². The first-order valence-corrected chi connectivity index (χ1v) is 5.57. The highest BCUT2D eigenvalue weighted by Crippen LogP contribution is 2.23. The molecular formula is C12H15N3O2. The third-order valence-corrected chi connectivity index (χ3v) is 2.67. The predicted octanol–water partition coefficient (Wildman–Crippen LogP) is 3.07. The zero-order valence-corrected chi connectivity index (χ0v) is 9.93. The van der Waals surface area contributed by atoms with E-state index in [2.05, 4.69) is 19.2 Å². The van der Waals surface area contributed by atoms with E-state index in [-0.39, 0.29) is 11.3 Å². The van der Waals surface area contributed by atoms with Crippen LogP contribution in [0.2, 0.25) is 0 Å². The van der Waals surface area contributed by atoms with Gasteiger partial charge in [0, 0.05) is 17.8 Å². The highest BCUT2D eigenvalue weighted by atomic mass is 16.6. The molecule has 0 aliphatic carbocycles. The van der Waals surface area contributed by atoms with Crippen molar-refractivity contribution in [2.45, 2.75) is 32.7 Å². The molecule has 1 aromatic carbocycles. The van der Waals surface area contributed by atoms with Gasteiger partial charge in [-0.2, -0.15) is 5.26 Å². The first-order chi connectivity index (χ1) is 8.12. The Bertz CT molecular complexity index is 448. The van der Waals surface area contributed by atoms with Gasteiger partial charge in [0.15, 0.2) is 0 Å². The van der Waals surface area contributed by atoms with Crippen LogP contribution in [-0.4, -0.2) is 11.0 Å². The van der Waals surface area contributed by atoms with Crippen LogP contribution in [0.4, 0.5) is 11.4 Å². The highest BCUT2D eigenvalue weighted by Gasteiger charge is 2.15. The van der Waals surface area contributed by atoms with E-state index < -0.39 is 4.92 Å². The molecule has 0 heterocycles. The molecule has 5 nitrogen and oxygen atoms in total. The summed E-state index contributed by atoms with van der Waals surface area (Å²) in [5.41, 5.74) is 0.623. The predicted molar refractivity (Wildman–Crippen MR) is 65.8 cm³/mol. The number of nitriles is 1. The zero-order chi connectivity index (χ0) is 12.8. The molecule has 0 aliphatic heterocycles. The van der Waals surface area contributed by atoms with E-state index in [1.54, 1.807) is 6.07 Å². The summed E-state index contributed by atoms with van der Waals surface area (Å²) in [6, 6.07) is 6.70. The number of benzene rings is 1. The molecule has 0 aliphatic rings. The topological polar surface area (TPSA) is 79.0 Å². The fourth-order valence-electron chi connectivity index (χ4n) is 1.60. The van der Waals surface area contributed by atoms with Gasteiger partial charge in [0.25, 0.3) is 5.69 Å². The summed E-state index contributed by atoms with van der Waals surface area (Å²) in [4.78, 5) is 10.3. The van der Waals surface area contributed by atoms with Crippen molar-refractivity contribution in [3.63, 3.8) is 0 Å². The fourth-order valence-corrected chi connectivity index (χ4v) is 1.60. The maximum atomic E-state index is 10.8. The molecule has 17 heavy (non-hydrogen) atoms. The van der Waals surface area contributed by atoms with Crippen molar-refractivity contribution in [3.05, 3.63) is 33.9 Å². The van der Waals surface area contributed by atoms with E-state index in [0.717, 1.165) is 12.8 Å². The molecule has 0 spiro atoms. The van der Waals surface area contributed by atoms with Crippen molar-refractivity contribution >= 4 is 11.4 Å². The lowest BCUT2D eigenvalue weighted by atomic mass is 10.1. The van der Waals surface area contributed by atoms with E-state index >= 15 is 0 Å². The molecular weight excluding hydrogens is 218 g/mol. The van der Waals surface area contributed by atoms with Gasteiger partial charge >= 0.3 is 0 Å². The van der Waals surface area contributed by atoms with Crippen molar-refractivity contribution in [2.75, 3.05) is 5.32 Å². The van der Waals surface area contributed by atoms with Crippen LogP contribution in [-0.2, 0) is 0 Å². The van der Waals surface area contributed by atoms with Gasteiger partial charge in [-0.3, -0.25) is 10.1 Å². The van der Waals surface area contributed by atoms with Crippen LogP contribution in [0.5, 0.6) is 0 Å². The molecule has 0 amide bonds. The van der Waals surface area contributed by atoms with Crippen LogP contribution >= 0.6 is 0 Å². The normalized spacial score (nSPS) is 10.0. The van der Waals surface area contributed by atoms with Crippen molar-refractivity contribution in [3.8, 4) is 6.07 Å². The molecule has 0 fully saturated rings. The summed E-state index contributed by atoms with van der Waals surface area (Å²) >= 11 is 0. The van der Waals surface area contributed by atoms with Gasteiger partial charge in [0.2, 0.25) is 0 Å². The quantitative estimate of drug-likeness (QED) is 0.626. The molecule has 1 rings (SSSR count). The summed E-state index contributed by atoms with van der Waals surface area (Å²) in [6.07, 6.45) is 1.90. The monoisotopic (exact) mass is 233 g/mol. The molecule has 1 aromatic rings. The summed E-state index contributed by atoms with van der Waals surface area (Å²) in [7, 11) is 0. The SMILES string of the molecule is CCC(CC)Nc1ccc(C#N)c([N+](=O)[O-])c1. The fraction of sp³-hybridized carbons (Fsp3) is 0.417. The number of hydrogen-bond donors (Lipinski definition) is 1. The highest BCUT2D eigenvalue weighted by molar-refractivity contribution is 5.59. The Hall–Kier alpha value is -2.09. The number of nitrogens with zero attached hydrogens (tertiary/aromatic N) is 2. The average Bonchev–Trinajstić information content (AvgIpc) is 2.35. The lowest BCUT2D eigenvalue weighted by Gasteiger charge is -2.15. The molecule has 5 heteroatoms. The average molecular weight is 233 g/mol. The minimum atomic E-state index is -0.531. The smallest absolute Gasteiger partial charge is 0.289 e. The van der Waals surface area contributed by atoms with Crippen LogP contribution in [0.15, 0.2) is 18.2 Å².